The van der Waals surface area contributed by atoms with Crippen LogP contribution in [0.1, 0.15) is 5.69 Å². The zero-order chi connectivity index (χ0) is 19.0. The van der Waals surface area contributed by atoms with Gasteiger partial charge < -0.3 is 20.7 Å². The topological polar surface area (TPSA) is 111 Å². The van der Waals surface area contributed by atoms with E-state index in [1.807, 2.05) is 19.1 Å². The van der Waals surface area contributed by atoms with Gasteiger partial charge in [0.05, 0.1) is 36.4 Å². The van der Waals surface area contributed by atoms with Crippen molar-refractivity contribution in [1.82, 2.24) is 24.9 Å². The summed E-state index contributed by atoms with van der Waals surface area (Å²) in [6.07, 6.45) is 4.61. The van der Waals surface area contributed by atoms with Crippen LogP contribution in [0.15, 0.2) is 30.7 Å². The van der Waals surface area contributed by atoms with Crippen LogP contribution < -0.4 is 16.0 Å². The summed E-state index contributed by atoms with van der Waals surface area (Å²) in [6.45, 7) is 3.49. The number of likely N-dealkylation sites (N-methyl/N-ethyl adjacent to an activating group) is 1. The first-order chi connectivity index (χ1) is 13.1. The highest BCUT2D eigenvalue weighted by atomic mass is 16.5. The third-order valence-corrected chi connectivity index (χ3v) is 4.67. The lowest BCUT2D eigenvalue weighted by atomic mass is 10.1. The van der Waals surface area contributed by atoms with Gasteiger partial charge in [-0.1, -0.05) is 0 Å². The number of fused-ring (bicyclic) bond motifs is 1. The molecule has 3 aromatic heterocycles. The summed E-state index contributed by atoms with van der Waals surface area (Å²) >= 11 is 0. The molecule has 0 radical (unpaired) electrons. The van der Waals surface area contributed by atoms with Crippen LogP contribution in [0, 0.1) is 6.92 Å². The summed E-state index contributed by atoms with van der Waals surface area (Å²) in [5, 5.41) is 7.30. The summed E-state index contributed by atoms with van der Waals surface area (Å²) in [7, 11) is 1.61. The van der Waals surface area contributed by atoms with Gasteiger partial charge in [-0.2, -0.15) is 5.10 Å². The van der Waals surface area contributed by atoms with Crippen molar-refractivity contribution >= 4 is 22.9 Å². The molecular weight excluding hydrogens is 346 g/mol. The maximum atomic E-state index is 12.0. The minimum atomic E-state index is -0.522. The third kappa shape index (κ3) is 3.17. The van der Waals surface area contributed by atoms with Crippen molar-refractivity contribution in [2.45, 2.75) is 13.0 Å². The number of nitrogen functional groups attached to an aromatic ring is 1. The fourth-order valence-electron chi connectivity index (χ4n) is 3.26. The van der Waals surface area contributed by atoms with Gasteiger partial charge in [-0.15, -0.1) is 0 Å². The lowest BCUT2D eigenvalue weighted by Gasteiger charge is -2.33. The minimum Gasteiger partial charge on any atom is -0.397 e. The highest BCUT2D eigenvalue weighted by Gasteiger charge is 2.28. The number of pyridine rings is 1. The molecule has 1 aliphatic rings. The van der Waals surface area contributed by atoms with Crippen LogP contribution in [0.5, 0.6) is 0 Å². The van der Waals surface area contributed by atoms with Crippen LogP contribution in [0.3, 0.4) is 0 Å². The highest BCUT2D eigenvalue weighted by Crippen LogP contribution is 2.29. The van der Waals surface area contributed by atoms with Crippen LogP contribution in [-0.2, 0) is 9.53 Å². The summed E-state index contributed by atoms with van der Waals surface area (Å²) in [6, 6.07) is 3.84. The van der Waals surface area contributed by atoms with E-state index < -0.39 is 6.10 Å². The van der Waals surface area contributed by atoms with Crippen LogP contribution in [0.4, 0.5) is 11.4 Å². The molecule has 1 aliphatic heterocycles. The molecule has 0 aliphatic carbocycles. The Labute approximate surface area is 156 Å². The standard InChI is InChI=1S/C18H21N7O2/c1-11-13(7-12(19)9-22-11)14-8-15(17-21-3-4-25(17)23-14)24-5-6-27-16(10-24)18(26)20-2/h3-4,7-9,16H,5-6,10,19H2,1-2H3,(H,20,26). The molecular formula is C18H21N7O2. The second-order valence-corrected chi connectivity index (χ2v) is 6.43. The van der Waals surface area contributed by atoms with E-state index in [0.29, 0.717) is 25.4 Å². The normalized spacial score (nSPS) is 17.3. The van der Waals surface area contributed by atoms with E-state index >= 15 is 0 Å². The summed E-state index contributed by atoms with van der Waals surface area (Å²) in [4.78, 5) is 22.9. The number of aromatic nitrogens is 4. The van der Waals surface area contributed by atoms with E-state index in [0.717, 1.165) is 28.3 Å². The molecule has 0 bridgehead atoms. The molecule has 0 aromatic carbocycles. The van der Waals surface area contributed by atoms with Gasteiger partial charge in [-0.25, -0.2) is 9.50 Å². The van der Waals surface area contributed by atoms with Crippen LogP contribution in [0.25, 0.3) is 16.9 Å². The zero-order valence-corrected chi connectivity index (χ0v) is 15.2. The minimum absolute atomic E-state index is 0.135. The van der Waals surface area contributed by atoms with Gasteiger partial charge in [-0.05, 0) is 19.1 Å². The van der Waals surface area contributed by atoms with Crippen molar-refractivity contribution in [3.8, 4) is 11.3 Å². The zero-order valence-electron chi connectivity index (χ0n) is 15.2. The Morgan fingerprint density at radius 2 is 2.22 bits per heavy atom. The molecule has 3 aromatic rings. The number of aryl methyl sites for hydroxylation is 1. The predicted octanol–water partition coefficient (Wildman–Crippen LogP) is 0.633. The number of nitrogens with two attached hydrogens (primary N) is 1. The third-order valence-electron chi connectivity index (χ3n) is 4.67. The predicted molar refractivity (Wildman–Crippen MR) is 101 cm³/mol. The first kappa shape index (κ1) is 17.2. The Morgan fingerprint density at radius 1 is 1.37 bits per heavy atom. The Kier molecular flexibility index (Phi) is 4.36. The number of nitrogens with zero attached hydrogens (tertiary/aromatic N) is 5. The van der Waals surface area contributed by atoms with Gasteiger partial charge in [0.2, 0.25) is 0 Å². The first-order valence-corrected chi connectivity index (χ1v) is 8.72. The molecule has 4 rings (SSSR count). The largest absolute Gasteiger partial charge is 0.397 e. The number of carbonyl (C=O) groups excluding carboxylic acids is 1. The molecule has 0 spiro atoms. The van der Waals surface area contributed by atoms with Gasteiger partial charge in [0.15, 0.2) is 11.8 Å². The van der Waals surface area contributed by atoms with Crippen molar-refractivity contribution < 1.29 is 9.53 Å². The van der Waals surface area contributed by atoms with E-state index in [1.165, 1.54) is 0 Å². The van der Waals surface area contributed by atoms with Crippen LogP contribution in [-0.4, -0.2) is 58.3 Å². The molecule has 1 fully saturated rings. The Bertz CT molecular complexity index is 1000. The van der Waals surface area contributed by atoms with Crippen molar-refractivity contribution in [2.75, 3.05) is 37.4 Å². The lowest BCUT2D eigenvalue weighted by Crippen LogP contribution is -2.49. The van der Waals surface area contributed by atoms with Crippen molar-refractivity contribution in [2.24, 2.45) is 0 Å². The van der Waals surface area contributed by atoms with Crippen LogP contribution in [0.2, 0.25) is 0 Å². The molecule has 1 saturated heterocycles. The average molecular weight is 367 g/mol. The molecule has 1 atom stereocenters. The van der Waals surface area contributed by atoms with E-state index in [-0.39, 0.29) is 5.91 Å². The number of hydrogen-bond donors (Lipinski definition) is 2. The van der Waals surface area contributed by atoms with Gasteiger partial charge in [-0.3, -0.25) is 9.78 Å². The van der Waals surface area contributed by atoms with E-state index in [2.05, 4.69) is 25.3 Å². The molecule has 27 heavy (non-hydrogen) atoms. The number of rotatable bonds is 3. The molecule has 0 saturated carbocycles. The SMILES string of the molecule is CNC(=O)C1CN(c2cc(-c3cc(N)cnc3C)nn3ccnc23)CCO1. The quantitative estimate of drug-likeness (QED) is 0.698. The number of ether oxygens (including phenoxy) is 1. The van der Waals surface area contributed by atoms with Gasteiger partial charge in [0.25, 0.3) is 5.91 Å². The number of nitrogens with one attached hydrogen (secondary N) is 1. The fourth-order valence-corrected chi connectivity index (χ4v) is 3.26. The number of amides is 1. The smallest absolute Gasteiger partial charge is 0.250 e. The number of hydrogen-bond acceptors (Lipinski definition) is 7. The number of morpholine rings is 1. The summed E-state index contributed by atoms with van der Waals surface area (Å²) in [5.74, 6) is -0.135. The molecule has 140 valence electrons. The molecule has 9 nitrogen and oxygen atoms in total. The average Bonchev–Trinajstić information content (AvgIpc) is 3.17. The molecule has 3 N–H and O–H groups in total. The first-order valence-electron chi connectivity index (χ1n) is 8.72. The Hall–Kier alpha value is -3.20. The van der Waals surface area contributed by atoms with E-state index in [4.69, 9.17) is 10.5 Å². The molecule has 9 heteroatoms. The Morgan fingerprint density at radius 3 is 3.04 bits per heavy atom. The molecule has 1 unspecified atom stereocenters. The fraction of sp³-hybridized carbons (Fsp3) is 0.333. The van der Waals surface area contributed by atoms with Gasteiger partial charge in [0.1, 0.15) is 0 Å². The summed E-state index contributed by atoms with van der Waals surface area (Å²) in [5.41, 5.74) is 10.6. The molecule has 4 heterocycles. The number of anilines is 2. The maximum absolute atomic E-state index is 12.0. The Balaban J connectivity index is 1.79. The van der Waals surface area contributed by atoms with Crippen molar-refractivity contribution in [1.29, 1.82) is 0 Å². The maximum Gasteiger partial charge on any atom is 0.250 e. The van der Waals surface area contributed by atoms with Gasteiger partial charge >= 0.3 is 0 Å². The van der Waals surface area contributed by atoms with Crippen molar-refractivity contribution in [3.63, 3.8) is 0 Å². The van der Waals surface area contributed by atoms with Crippen LogP contribution >= 0.6 is 0 Å². The lowest BCUT2D eigenvalue weighted by molar-refractivity contribution is -0.132. The second-order valence-electron chi connectivity index (χ2n) is 6.43. The van der Waals surface area contributed by atoms with E-state index in [1.54, 1.807) is 30.2 Å². The number of carbonyl (C=O) groups is 1. The van der Waals surface area contributed by atoms with E-state index in [9.17, 15) is 4.79 Å². The van der Waals surface area contributed by atoms with Gasteiger partial charge in [0, 0.05) is 37.2 Å². The monoisotopic (exact) mass is 367 g/mol. The second kappa shape index (κ2) is 6.84. The van der Waals surface area contributed by atoms with Crippen molar-refractivity contribution in [3.05, 3.63) is 36.4 Å². The number of imidazole rings is 1. The highest BCUT2D eigenvalue weighted by molar-refractivity contribution is 5.82. The summed E-state index contributed by atoms with van der Waals surface area (Å²) < 4.78 is 7.34. The molecule has 1 amide bonds.